The quantitative estimate of drug-likeness (QED) is 0.760. The van der Waals surface area contributed by atoms with Crippen LogP contribution in [0.4, 0.5) is 5.95 Å². The summed E-state index contributed by atoms with van der Waals surface area (Å²) in [6, 6.07) is 10.5. The lowest BCUT2D eigenvalue weighted by atomic mass is 10.00. The Labute approximate surface area is 153 Å². The third-order valence-electron chi connectivity index (χ3n) is 5.08. The first-order valence-electron chi connectivity index (χ1n) is 9.06. The number of benzene rings is 1. The van der Waals surface area contributed by atoms with Gasteiger partial charge in [-0.15, -0.1) is 10.2 Å². The summed E-state index contributed by atoms with van der Waals surface area (Å²) >= 11 is 1.75. The molecule has 1 aliphatic heterocycles. The Bertz CT molecular complexity index is 764. The number of anilines is 1. The van der Waals surface area contributed by atoms with Crippen LogP contribution in [0.5, 0.6) is 0 Å². The number of thioether (sulfide) groups is 1. The maximum atomic E-state index is 8.90. The third kappa shape index (κ3) is 3.67. The molecule has 2 fully saturated rings. The van der Waals surface area contributed by atoms with Gasteiger partial charge in [-0.2, -0.15) is 5.26 Å². The zero-order valence-corrected chi connectivity index (χ0v) is 15.4. The van der Waals surface area contributed by atoms with E-state index >= 15 is 0 Å². The van der Waals surface area contributed by atoms with Gasteiger partial charge in [-0.05, 0) is 49.3 Å². The Morgan fingerprint density at radius 1 is 1.12 bits per heavy atom. The Balaban J connectivity index is 1.49. The largest absolute Gasteiger partial charge is 0.341 e. The number of nitriles is 1. The third-order valence-corrected chi connectivity index (χ3v) is 6.09. The number of hydrogen-bond acceptors (Lipinski definition) is 5. The molecule has 1 saturated carbocycles. The fourth-order valence-corrected chi connectivity index (χ4v) is 4.22. The molecule has 1 saturated heterocycles. The Morgan fingerprint density at radius 2 is 1.84 bits per heavy atom. The first-order valence-corrected chi connectivity index (χ1v) is 10.0. The van der Waals surface area contributed by atoms with E-state index in [2.05, 4.69) is 32.7 Å². The van der Waals surface area contributed by atoms with E-state index in [9.17, 15) is 0 Å². The Morgan fingerprint density at radius 3 is 2.48 bits per heavy atom. The Hall–Kier alpha value is -2.00. The van der Waals surface area contributed by atoms with Crippen molar-refractivity contribution in [3.8, 4) is 6.07 Å². The molecule has 6 heteroatoms. The zero-order valence-electron chi connectivity index (χ0n) is 14.6. The molecule has 2 heterocycles. The highest BCUT2D eigenvalue weighted by Crippen LogP contribution is 2.41. The van der Waals surface area contributed by atoms with Gasteiger partial charge < -0.3 is 4.90 Å². The fraction of sp³-hybridized carbons (Fsp3) is 0.526. The number of rotatable bonds is 5. The van der Waals surface area contributed by atoms with Crippen LogP contribution in [-0.2, 0) is 5.75 Å². The molecule has 4 rings (SSSR count). The van der Waals surface area contributed by atoms with Gasteiger partial charge in [-0.25, -0.2) is 0 Å². The lowest BCUT2D eigenvalue weighted by molar-refractivity contribution is 0.429. The van der Waals surface area contributed by atoms with E-state index in [1.54, 1.807) is 11.8 Å². The first kappa shape index (κ1) is 16.5. The van der Waals surface area contributed by atoms with Gasteiger partial charge in [0, 0.05) is 24.9 Å². The topological polar surface area (TPSA) is 57.7 Å². The van der Waals surface area contributed by atoms with Crippen LogP contribution in [0.25, 0.3) is 0 Å². The molecule has 0 amide bonds. The van der Waals surface area contributed by atoms with Gasteiger partial charge in [0.2, 0.25) is 5.95 Å². The van der Waals surface area contributed by atoms with E-state index in [4.69, 9.17) is 5.26 Å². The van der Waals surface area contributed by atoms with E-state index < -0.39 is 0 Å². The molecule has 2 aromatic rings. The van der Waals surface area contributed by atoms with Gasteiger partial charge in [0.25, 0.3) is 0 Å². The number of piperidine rings is 1. The molecule has 25 heavy (non-hydrogen) atoms. The van der Waals surface area contributed by atoms with Crippen molar-refractivity contribution in [3.05, 3.63) is 35.4 Å². The first-order chi connectivity index (χ1) is 12.2. The summed E-state index contributed by atoms with van der Waals surface area (Å²) < 4.78 is 2.37. The SMILES string of the molecule is CC1CCN(c2nnc(SCc3ccc(C#N)cc3)n2C2CC2)CC1. The summed E-state index contributed by atoms with van der Waals surface area (Å²) in [5, 5.41) is 19.0. The molecule has 0 radical (unpaired) electrons. The van der Waals surface area contributed by atoms with Crippen LogP contribution < -0.4 is 4.90 Å². The minimum Gasteiger partial charge on any atom is -0.341 e. The van der Waals surface area contributed by atoms with E-state index in [0.29, 0.717) is 11.6 Å². The van der Waals surface area contributed by atoms with Crippen molar-refractivity contribution in [1.29, 1.82) is 5.26 Å². The monoisotopic (exact) mass is 353 g/mol. The zero-order chi connectivity index (χ0) is 17.2. The second kappa shape index (κ2) is 7.09. The molecule has 1 aliphatic carbocycles. The fourth-order valence-electron chi connectivity index (χ4n) is 3.27. The molecular weight excluding hydrogens is 330 g/mol. The number of aromatic nitrogens is 3. The van der Waals surface area contributed by atoms with E-state index in [-0.39, 0.29) is 0 Å². The molecule has 1 aromatic heterocycles. The normalized spacial score (nSPS) is 18.3. The smallest absolute Gasteiger partial charge is 0.228 e. The maximum Gasteiger partial charge on any atom is 0.228 e. The van der Waals surface area contributed by atoms with Crippen LogP contribution in [0.2, 0.25) is 0 Å². The van der Waals surface area contributed by atoms with Crippen molar-refractivity contribution in [2.24, 2.45) is 5.92 Å². The second-order valence-electron chi connectivity index (χ2n) is 7.15. The lowest BCUT2D eigenvalue weighted by Gasteiger charge is -2.31. The molecular formula is C19H23N5S. The molecule has 2 aliphatic rings. The van der Waals surface area contributed by atoms with Crippen molar-refractivity contribution < 1.29 is 0 Å². The van der Waals surface area contributed by atoms with Crippen LogP contribution in [0, 0.1) is 17.2 Å². The van der Waals surface area contributed by atoms with E-state index in [0.717, 1.165) is 35.9 Å². The molecule has 5 nitrogen and oxygen atoms in total. The number of hydrogen-bond donors (Lipinski definition) is 0. The van der Waals surface area contributed by atoms with Crippen LogP contribution in [0.3, 0.4) is 0 Å². The summed E-state index contributed by atoms with van der Waals surface area (Å²) in [6.45, 7) is 4.51. The summed E-state index contributed by atoms with van der Waals surface area (Å²) in [5.74, 6) is 2.74. The van der Waals surface area contributed by atoms with Crippen molar-refractivity contribution in [2.75, 3.05) is 18.0 Å². The molecule has 0 spiro atoms. The van der Waals surface area contributed by atoms with Crippen LogP contribution in [0.1, 0.15) is 49.8 Å². The molecule has 0 bridgehead atoms. The standard InChI is InChI=1S/C19H23N5S/c1-14-8-10-23(11-9-14)18-21-22-19(24(18)17-6-7-17)25-13-16-4-2-15(12-20)3-5-16/h2-5,14,17H,6-11,13H2,1H3. The van der Waals surface area contributed by atoms with Gasteiger partial charge in [-0.3, -0.25) is 4.57 Å². The lowest BCUT2D eigenvalue weighted by Crippen LogP contribution is -2.34. The summed E-state index contributed by atoms with van der Waals surface area (Å²) in [6.07, 6.45) is 4.95. The predicted octanol–water partition coefficient (Wildman–Crippen LogP) is 4.01. The van der Waals surface area contributed by atoms with Crippen LogP contribution in [-0.4, -0.2) is 27.9 Å². The molecule has 130 valence electrons. The van der Waals surface area contributed by atoms with Gasteiger partial charge in [0.05, 0.1) is 11.6 Å². The number of nitrogens with zero attached hydrogens (tertiary/aromatic N) is 5. The highest BCUT2D eigenvalue weighted by atomic mass is 32.2. The van der Waals surface area contributed by atoms with E-state index in [1.165, 1.54) is 31.2 Å². The van der Waals surface area contributed by atoms with Crippen molar-refractivity contribution in [1.82, 2.24) is 14.8 Å². The summed E-state index contributed by atoms with van der Waals surface area (Å²) in [7, 11) is 0. The summed E-state index contributed by atoms with van der Waals surface area (Å²) in [4.78, 5) is 2.41. The molecule has 0 unspecified atom stereocenters. The molecule has 0 N–H and O–H groups in total. The highest BCUT2D eigenvalue weighted by Gasteiger charge is 2.32. The van der Waals surface area contributed by atoms with Crippen molar-refractivity contribution in [3.63, 3.8) is 0 Å². The molecule has 0 atom stereocenters. The van der Waals surface area contributed by atoms with Crippen molar-refractivity contribution in [2.45, 2.75) is 49.6 Å². The minimum atomic E-state index is 0.577. The molecule has 1 aromatic carbocycles. The Kier molecular flexibility index (Phi) is 4.67. The maximum absolute atomic E-state index is 8.90. The minimum absolute atomic E-state index is 0.577. The predicted molar refractivity (Wildman–Crippen MR) is 99.6 cm³/mol. The van der Waals surface area contributed by atoms with Gasteiger partial charge in [0.1, 0.15) is 0 Å². The van der Waals surface area contributed by atoms with Crippen molar-refractivity contribution >= 4 is 17.7 Å². The van der Waals surface area contributed by atoms with Gasteiger partial charge in [0.15, 0.2) is 5.16 Å². The van der Waals surface area contributed by atoms with Gasteiger partial charge >= 0.3 is 0 Å². The average molecular weight is 353 g/mol. The van der Waals surface area contributed by atoms with Gasteiger partial charge in [-0.1, -0.05) is 30.8 Å². The van der Waals surface area contributed by atoms with E-state index in [1.807, 2.05) is 24.3 Å². The summed E-state index contributed by atoms with van der Waals surface area (Å²) in [5.41, 5.74) is 1.92. The van der Waals surface area contributed by atoms with Crippen LogP contribution >= 0.6 is 11.8 Å². The van der Waals surface area contributed by atoms with Crippen LogP contribution in [0.15, 0.2) is 29.4 Å². The highest BCUT2D eigenvalue weighted by molar-refractivity contribution is 7.98. The average Bonchev–Trinajstić information content (AvgIpc) is 3.40. The second-order valence-corrected chi connectivity index (χ2v) is 8.09.